The van der Waals surface area contributed by atoms with Crippen LogP contribution in [0, 0.1) is 0 Å². The summed E-state index contributed by atoms with van der Waals surface area (Å²) >= 11 is 0. The average molecular weight is 581 g/mol. The summed E-state index contributed by atoms with van der Waals surface area (Å²) in [6, 6.07) is 0.0324. The number of carboxylic acids is 2. The number of hydrogen-bond acceptors (Lipinski definition) is 9. The van der Waals surface area contributed by atoms with E-state index in [1.807, 2.05) is 0 Å². The first-order chi connectivity index (χ1) is 19.2. The van der Waals surface area contributed by atoms with Crippen molar-refractivity contribution in [2.75, 3.05) is 6.54 Å². The van der Waals surface area contributed by atoms with Gasteiger partial charge in [0.15, 0.2) is 5.96 Å². The minimum absolute atomic E-state index is 0.000474. The lowest BCUT2D eigenvalue weighted by Gasteiger charge is -2.24. The van der Waals surface area contributed by atoms with Crippen LogP contribution in [0.2, 0.25) is 0 Å². The number of phenolic OH excluding ortho intramolecular Hbond substituents is 1. The van der Waals surface area contributed by atoms with E-state index in [1.54, 1.807) is 0 Å². The molecule has 0 aliphatic rings. The molecule has 0 aliphatic heterocycles. The number of guanidine groups is 1. The van der Waals surface area contributed by atoms with Crippen molar-refractivity contribution < 1.29 is 44.1 Å². The van der Waals surface area contributed by atoms with Crippen LogP contribution >= 0.6 is 0 Å². The van der Waals surface area contributed by atoms with Crippen LogP contribution in [-0.4, -0.2) is 87.6 Å². The molecule has 0 aliphatic carbocycles. The molecule has 4 atom stereocenters. The molecule has 4 unspecified atom stereocenters. The Morgan fingerprint density at radius 3 is 1.90 bits per heavy atom. The summed E-state index contributed by atoms with van der Waals surface area (Å²) in [7, 11) is 0. The second-order valence-electron chi connectivity index (χ2n) is 9.05. The van der Waals surface area contributed by atoms with Crippen molar-refractivity contribution in [3.63, 3.8) is 0 Å². The summed E-state index contributed by atoms with van der Waals surface area (Å²) in [4.78, 5) is 76.6. The molecule has 41 heavy (non-hydrogen) atoms. The third-order valence-corrected chi connectivity index (χ3v) is 5.61. The third-order valence-electron chi connectivity index (χ3n) is 5.61. The maximum Gasteiger partial charge on any atom is 0.326 e. The summed E-state index contributed by atoms with van der Waals surface area (Å²) in [5.41, 5.74) is 22.1. The van der Waals surface area contributed by atoms with Gasteiger partial charge in [-0.2, -0.15) is 0 Å². The van der Waals surface area contributed by atoms with E-state index in [9.17, 15) is 44.1 Å². The van der Waals surface area contributed by atoms with E-state index in [2.05, 4.69) is 20.9 Å². The van der Waals surface area contributed by atoms with Gasteiger partial charge >= 0.3 is 11.9 Å². The Hall–Kier alpha value is -4.93. The number of benzene rings is 1. The molecule has 0 saturated heterocycles. The molecule has 17 heteroatoms. The second kappa shape index (κ2) is 16.9. The van der Waals surface area contributed by atoms with Crippen molar-refractivity contribution in [3.05, 3.63) is 29.8 Å². The number of aliphatic imine (C=N–C) groups is 1. The van der Waals surface area contributed by atoms with Gasteiger partial charge in [0.25, 0.3) is 0 Å². The number of aliphatic carboxylic acids is 2. The number of carboxylic acid groups (broad SMARTS) is 2. The number of nitrogens with one attached hydrogen (secondary N) is 3. The maximum absolute atomic E-state index is 13.0. The van der Waals surface area contributed by atoms with Gasteiger partial charge in [0, 0.05) is 13.0 Å². The fraction of sp³-hybridized carbons (Fsp3) is 0.458. The van der Waals surface area contributed by atoms with Crippen molar-refractivity contribution in [1.29, 1.82) is 0 Å². The van der Waals surface area contributed by atoms with E-state index in [1.165, 1.54) is 24.3 Å². The lowest BCUT2D eigenvalue weighted by molar-refractivity contribution is -0.143. The maximum atomic E-state index is 13.0. The quantitative estimate of drug-likeness (QED) is 0.0461. The molecular formula is C24H36N8O9. The van der Waals surface area contributed by atoms with Gasteiger partial charge < -0.3 is 54.2 Å². The number of aromatic hydroxyl groups is 1. The normalized spacial score (nSPS) is 13.5. The first-order valence-electron chi connectivity index (χ1n) is 12.4. The summed E-state index contributed by atoms with van der Waals surface area (Å²) in [5, 5.41) is 34.8. The molecule has 0 spiro atoms. The number of carbonyl (C=O) groups is 6. The van der Waals surface area contributed by atoms with Crippen LogP contribution in [-0.2, 0) is 35.2 Å². The summed E-state index contributed by atoms with van der Waals surface area (Å²) in [6.07, 6.45) is -1.50. The molecule has 14 N–H and O–H groups in total. The van der Waals surface area contributed by atoms with Crippen molar-refractivity contribution in [1.82, 2.24) is 16.0 Å². The zero-order valence-electron chi connectivity index (χ0n) is 22.1. The van der Waals surface area contributed by atoms with Gasteiger partial charge in [0.1, 0.15) is 23.9 Å². The number of carbonyl (C=O) groups excluding carboxylic acids is 4. The highest BCUT2D eigenvalue weighted by Gasteiger charge is 2.31. The van der Waals surface area contributed by atoms with Gasteiger partial charge in [-0.05, 0) is 43.4 Å². The van der Waals surface area contributed by atoms with Gasteiger partial charge in [-0.1, -0.05) is 12.1 Å². The van der Waals surface area contributed by atoms with Crippen LogP contribution < -0.4 is 38.9 Å². The Bertz CT molecular complexity index is 1120. The van der Waals surface area contributed by atoms with Crippen LogP contribution in [0.25, 0.3) is 0 Å². The molecule has 17 nitrogen and oxygen atoms in total. The summed E-state index contributed by atoms with van der Waals surface area (Å²) < 4.78 is 0. The van der Waals surface area contributed by atoms with Crippen LogP contribution in [0.15, 0.2) is 29.3 Å². The Kier molecular flexibility index (Phi) is 14.1. The van der Waals surface area contributed by atoms with Crippen LogP contribution in [0.3, 0.4) is 0 Å². The van der Waals surface area contributed by atoms with Gasteiger partial charge in [0.2, 0.25) is 23.6 Å². The lowest BCUT2D eigenvalue weighted by atomic mass is 10.0. The standard InChI is InChI=1S/C24H36N8O9/c25-14(10-12-3-5-13(33)6-4-12)20(37)32-17(11-19(35)36)22(39)30-15(7-8-18(26)34)21(38)31-16(23(40)41)2-1-9-29-24(27)28/h3-6,14-17,33H,1-2,7-11,25H2,(H2,26,34)(H,30,39)(H,31,38)(H,32,37)(H,35,36)(H,40,41)(H4,27,28,29). The number of rotatable bonds is 18. The number of hydrogen-bond donors (Lipinski definition) is 10. The Labute approximate surface area is 234 Å². The minimum atomic E-state index is -1.68. The van der Waals surface area contributed by atoms with Gasteiger partial charge in [0.05, 0.1) is 12.5 Å². The summed E-state index contributed by atoms with van der Waals surface area (Å²) in [6.45, 7) is 0.0925. The van der Waals surface area contributed by atoms with Gasteiger partial charge in [-0.15, -0.1) is 0 Å². The van der Waals surface area contributed by atoms with Crippen LogP contribution in [0.5, 0.6) is 5.75 Å². The monoisotopic (exact) mass is 580 g/mol. The van der Waals surface area contributed by atoms with E-state index in [0.29, 0.717) is 5.56 Å². The van der Waals surface area contributed by atoms with Gasteiger partial charge in [-0.3, -0.25) is 29.0 Å². The highest BCUT2D eigenvalue weighted by Crippen LogP contribution is 2.11. The van der Waals surface area contributed by atoms with Crippen molar-refractivity contribution in [3.8, 4) is 5.75 Å². The molecule has 0 heterocycles. The molecule has 0 aromatic heterocycles. The predicted octanol–water partition coefficient (Wildman–Crippen LogP) is -3.41. The Morgan fingerprint density at radius 1 is 0.805 bits per heavy atom. The van der Waals surface area contributed by atoms with Crippen LogP contribution in [0.4, 0.5) is 0 Å². The van der Waals surface area contributed by atoms with E-state index in [-0.39, 0.29) is 50.4 Å². The van der Waals surface area contributed by atoms with Crippen molar-refractivity contribution in [2.24, 2.45) is 27.9 Å². The molecule has 0 fully saturated rings. The van der Waals surface area contributed by atoms with E-state index < -0.39 is 66.2 Å². The highest BCUT2D eigenvalue weighted by atomic mass is 16.4. The third kappa shape index (κ3) is 13.6. The fourth-order valence-corrected chi connectivity index (χ4v) is 3.50. The number of phenols is 1. The van der Waals surface area contributed by atoms with E-state index >= 15 is 0 Å². The summed E-state index contributed by atoms with van der Waals surface area (Å²) in [5.74, 6) is -6.81. The van der Waals surface area contributed by atoms with E-state index in [4.69, 9.17) is 22.9 Å². The molecule has 1 rings (SSSR count). The second-order valence-corrected chi connectivity index (χ2v) is 9.05. The van der Waals surface area contributed by atoms with Gasteiger partial charge in [-0.25, -0.2) is 4.79 Å². The van der Waals surface area contributed by atoms with Crippen molar-refractivity contribution in [2.45, 2.75) is 62.7 Å². The Balaban J connectivity index is 2.99. The largest absolute Gasteiger partial charge is 0.508 e. The smallest absolute Gasteiger partial charge is 0.326 e. The molecule has 226 valence electrons. The molecule has 0 bridgehead atoms. The van der Waals surface area contributed by atoms with Crippen molar-refractivity contribution >= 4 is 41.5 Å². The number of nitrogens with two attached hydrogens (primary N) is 4. The Morgan fingerprint density at radius 2 is 1.37 bits per heavy atom. The van der Waals surface area contributed by atoms with Crippen LogP contribution in [0.1, 0.15) is 37.7 Å². The zero-order valence-corrected chi connectivity index (χ0v) is 22.1. The number of nitrogens with zero attached hydrogens (tertiary/aromatic N) is 1. The molecule has 1 aromatic rings. The molecule has 0 saturated carbocycles. The lowest BCUT2D eigenvalue weighted by Crippen LogP contribution is -2.57. The number of primary amides is 1. The topological polar surface area (TPSA) is 316 Å². The molecular weight excluding hydrogens is 544 g/mol. The molecule has 0 radical (unpaired) electrons. The number of amides is 4. The molecule has 4 amide bonds. The fourth-order valence-electron chi connectivity index (χ4n) is 3.50. The molecule has 1 aromatic carbocycles. The first kappa shape index (κ1) is 34.1. The predicted molar refractivity (Wildman–Crippen MR) is 144 cm³/mol. The SMILES string of the molecule is NC(=O)CCC(NC(=O)C(CC(=O)O)NC(=O)C(N)Cc1ccc(O)cc1)C(=O)NC(CCCN=C(N)N)C(=O)O. The minimum Gasteiger partial charge on any atom is -0.508 e. The first-order valence-corrected chi connectivity index (χ1v) is 12.4. The average Bonchev–Trinajstić information content (AvgIpc) is 2.88. The zero-order chi connectivity index (χ0) is 31.1. The highest BCUT2D eigenvalue weighted by molar-refractivity contribution is 5.95. The van der Waals surface area contributed by atoms with E-state index in [0.717, 1.165) is 0 Å².